The number of nitrogens with zero attached hydrogens (tertiary/aromatic N) is 2. The van der Waals surface area contributed by atoms with Crippen LogP contribution in [-0.4, -0.2) is 38.6 Å². The van der Waals surface area contributed by atoms with Gasteiger partial charge in [-0.3, -0.25) is 4.99 Å². The molecular weight excluding hydrogens is 425 g/mol. The van der Waals surface area contributed by atoms with Crippen molar-refractivity contribution in [3.05, 3.63) is 65.2 Å². The minimum absolute atomic E-state index is 0. The van der Waals surface area contributed by atoms with Gasteiger partial charge in [-0.1, -0.05) is 36.4 Å². The highest BCUT2D eigenvalue weighted by Gasteiger charge is 2.25. The van der Waals surface area contributed by atoms with Crippen molar-refractivity contribution in [1.82, 2.24) is 10.2 Å². The van der Waals surface area contributed by atoms with Gasteiger partial charge in [0.05, 0.1) is 7.11 Å². The van der Waals surface area contributed by atoms with E-state index in [0.717, 1.165) is 31.2 Å². The summed E-state index contributed by atoms with van der Waals surface area (Å²) in [6.07, 6.45) is 1.16. The summed E-state index contributed by atoms with van der Waals surface area (Å²) in [5.74, 6) is 2.40. The van der Waals surface area contributed by atoms with Gasteiger partial charge in [-0.05, 0) is 35.2 Å². The third-order valence-electron chi connectivity index (χ3n) is 4.62. The molecule has 5 heteroatoms. The van der Waals surface area contributed by atoms with Gasteiger partial charge in [0.25, 0.3) is 0 Å². The quantitative estimate of drug-likeness (QED) is 0.429. The molecule has 3 rings (SSSR count). The fraction of sp³-hybridized carbons (Fsp3) is 0.350. The van der Waals surface area contributed by atoms with Gasteiger partial charge in [0.2, 0.25) is 0 Å². The molecule has 0 saturated heterocycles. The van der Waals surface area contributed by atoms with Gasteiger partial charge in [-0.25, -0.2) is 0 Å². The molecule has 1 N–H and O–H groups in total. The van der Waals surface area contributed by atoms with Crippen LogP contribution in [0.1, 0.15) is 22.6 Å². The molecule has 1 atom stereocenters. The SMILES string of the molecule is CN=C(NCC1Cc2ccccc21)N(C)Cc1ccc(OC)cc1.I. The van der Waals surface area contributed by atoms with Crippen LogP contribution in [0.25, 0.3) is 0 Å². The van der Waals surface area contributed by atoms with Crippen LogP contribution in [0.15, 0.2) is 53.5 Å². The summed E-state index contributed by atoms with van der Waals surface area (Å²) in [6, 6.07) is 16.8. The summed E-state index contributed by atoms with van der Waals surface area (Å²) in [5, 5.41) is 3.51. The Morgan fingerprint density at radius 1 is 1.20 bits per heavy atom. The third-order valence-corrected chi connectivity index (χ3v) is 4.62. The van der Waals surface area contributed by atoms with Crippen molar-refractivity contribution in [1.29, 1.82) is 0 Å². The monoisotopic (exact) mass is 451 g/mol. The third kappa shape index (κ3) is 4.66. The standard InChI is InChI=1S/C20H25N3O.HI/c1-21-20(22-13-17-12-16-6-4-5-7-19(16)17)23(2)14-15-8-10-18(24-3)11-9-15;/h4-11,17H,12-14H2,1-3H3,(H,21,22);1H. The topological polar surface area (TPSA) is 36.9 Å². The number of methoxy groups -OCH3 is 1. The molecule has 1 aliphatic rings. The van der Waals surface area contributed by atoms with E-state index in [9.17, 15) is 0 Å². The fourth-order valence-electron chi connectivity index (χ4n) is 3.22. The van der Waals surface area contributed by atoms with Crippen molar-refractivity contribution < 1.29 is 4.74 Å². The molecule has 25 heavy (non-hydrogen) atoms. The summed E-state index contributed by atoms with van der Waals surface area (Å²) in [6.45, 7) is 1.74. The Morgan fingerprint density at radius 3 is 2.56 bits per heavy atom. The number of aliphatic imine (C=N–C) groups is 1. The maximum Gasteiger partial charge on any atom is 0.193 e. The average molecular weight is 451 g/mol. The van der Waals surface area contributed by atoms with E-state index in [1.54, 1.807) is 7.11 Å². The van der Waals surface area contributed by atoms with Gasteiger partial charge in [0.15, 0.2) is 5.96 Å². The van der Waals surface area contributed by atoms with Crippen LogP contribution in [0.2, 0.25) is 0 Å². The number of fused-ring (bicyclic) bond motifs is 1. The summed E-state index contributed by atoms with van der Waals surface area (Å²) < 4.78 is 5.21. The number of rotatable bonds is 5. The lowest BCUT2D eigenvalue weighted by molar-refractivity contribution is 0.414. The summed E-state index contributed by atoms with van der Waals surface area (Å²) in [5.41, 5.74) is 4.18. The molecule has 0 amide bonds. The number of hydrogen-bond acceptors (Lipinski definition) is 2. The molecule has 1 unspecified atom stereocenters. The van der Waals surface area contributed by atoms with Gasteiger partial charge >= 0.3 is 0 Å². The summed E-state index contributed by atoms with van der Waals surface area (Å²) in [4.78, 5) is 6.56. The minimum atomic E-state index is 0. The highest BCUT2D eigenvalue weighted by Crippen LogP contribution is 2.33. The molecule has 0 radical (unpaired) electrons. The van der Waals surface area contributed by atoms with Crippen LogP contribution < -0.4 is 10.1 Å². The number of hydrogen-bond donors (Lipinski definition) is 1. The molecule has 2 aromatic carbocycles. The number of nitrogens with one attached hydrogen (secondary N) is 1. The van der Waals surface area contributed by atoms with E-state index in [1.807, 2.05) is 19.2 Å². The Kier molecular flexibility index (Phi) is 7.11. The number of halogens is 1. The summed E-state index contributed by atoms with van der Waals surface area (Å²) in [7, 11) is 5.58. The van der Waals surface area contributed by atoms with Crippen molar-refractivity contribution >= 4 is 29.9 Å². The Labute approximate surface area is 167 Å². The van der Waals surface area contributed by atoms with Gasteiger partial charge in [-0.15, -0.1) is 24.0 Å². The van der Waals surface area contributed by atoms with E-state index >= 15 is 0 Å². The van der Waals surface area contributed by atoms with Gasteiger partial charge in [0, 0.05) is 33.1 Å². The molecule has 2 aromatic rings. The fourth-order valence-corrected chi connectivity index (χ4v) is 3.22. The molecule has 0 bridgehead atoms. The van der Waals surface area contributed by atoms with Crippen LogP contribution in [0.3, 0.4) is 0 Å². The molecule has 0 fully saturated rings. The molecule has 0 saturated carbocycles. The first kappa shape index (κ1) is 19.6. The van der Waals surface area contributed by atoms with Crippen molar-refractivity contribution in [2.75, 3.05) is 27.7 Å². The van der Waals surface area contributed by atoms with E-state index in [2.05, 4.69) is 58.7 Å². The Morgan fingerprint density at radius 2 is 1.92 bits per heavy atom. The molecule has 0 spiro atoms. The maximum absolute atomic E-state index is 5.21. The summed E-state index contributed by atoms with van der Waals surface area (Å²) >= 11 is 0. The Bertz CT molecular complexity index is 715. The molecule has 4 nitrogen and oxygen atoms in total. The maximum atomic E-state index is 5.21. The highest BCUT2D eigenvalue weighted by molar-refractivity contribution is 14.0. The lowest BCUT2D eigenvalue weighted by Gasteiger charge is -2.32. The number of benzene rings is 2. The van der Waals surface area contributed by atoms with E-state index in [1.165, 1.54) is 16.7 Å². The second-order valence-corrected chi connectivity index (χ2v) is 6.23. The van der Waals surface area contributed by atoms with Crippen LogP contribution in [-0.2, 0) is 13.0 Å². The first-order valence-corrected chi connectivity index (χ1v) is 8.33. The Balaban J connectivity index is 0.00000225. The smallest absolute Gasteiger partial charge is 0.193 e. The number of guanidine groups is 1. The van der Waals surface area contributed by atoms with E-state index in [-0.39, 0.29) is 24.0 Å². The lowest BCUT2D eigenvalue weighted by Crippen LogP contribution is -2.41. The van der Waals surface area contributed by atoms with E-state index in [0.29, 0.717) is 5.92 Å². The average Bonchev–Trinajstić information content (AvgIpc) is 2.59. The molecule has 0 heterocycles. The lowest BCUT2D eigenvalue weighted by atomic mass is 9.78. The van der Waals surface area contributed by atoms with Crippen LogP contribution in [0.5, 0.6) is 5.75 Å². The van der Waals surface area contributed by atoms with Crippen molar-refractivity contribution in [2.24, 2.45) is 4.99 Å². The molecular formula is C20H26IN3O. The molecule has 134 valence electrons. The van der Waals surface area contributed by atoms with E-state index in [4.69, 9.17) is 4.74 Å². The normalized spacial score (nSPS) is 15.5. The first-order valence-electron chi connectivity index (χ1n) is 8.33. The largest absolute Gasteiger partial charge is 0.497 e. The predicted octanol–water partition coefficient (Wildman–Crippen LogP) is 3.66. The van der Waals surface area contributed by atoms with Gasteiger partial charge in [-0.2, -0.15) is 0 Å². The zero-order valence-corrected chi connectivity index (χ0v) is 17.4. The molecule has 1 aliphatic carbocycles. The molecule has 0 aliphatic heterocycles. The first-order chi connectivity index (χ1) is 11.7. The van der Waals surface area contributed by atoms with Gasteiger partial charge in [0.1, 0.15) is 5.75 Å². The van der Waals surface area contributed by atoms with Gasteiger partial charge < -0.3 is 15.0 Å². The highest BCUT2D eigenvalue weighted by atomic mass is 127. The Hall–Kier alpha value is -1.76. The van der Waals surface area contributed by atoms with Crippen LogP contribution in [0.4, 0.5) is 0 Å². The van der Waals surface area contributed by atoms with Crippen LogP contribution in [0, 0.1) is 0 Å². The van der Waals surface area contributed by atoms with Crippen molar-refractivity contribution in [2.45, 2.75) is 18.9 Å². The second kappa shape index (κ2) is 9.08. The number of ether oxygens (including phenoxy) is 1. The molecule has 0 aromatic heterocycles. The zero-order chi connectivity index (χ0) is 16.9. The van der Waals surface area contributed by atoms with E-state index < -0.39 is 0 Å². The second-order valence-electron chi connectivity index (χ2n) is 6.23. The zero-order valence-electron chi connectivity index (χ0n) is 15.0. The predicted molar refractivity (Wildman–Crippen MR) is 114 cm³/mol. The van der Waals surface area contributed by atoms with Crippen LogP contribution >= 0.6 is 24.0 Å². The van der Waals surface area contributed by atoms with Crippen molar-refractivity contribution in [3.63, 3.8) is 0 Å². The van der Waals surface area contributed by atoms with Crippen molar-refractivity contribution in [3.8, 4) is 5.75 Å². The minimum Gasteiger partial charge on any atom is -0.497 e.